The van der Waals surface area contributed by atoms with Gasteiger partial charge in [0.25, 0.3) is 0 Å². The van der Waals surface area contributed by atoms with E-state index in [1.54, 1.807) is 23.1 Å². The molecule has 0 spiro atoms. The molecule has 0 aliphatic carbocycles. The van der Waals surface area contributed by atoms with Crippen LogP contribution in [0, 0.1) is 5.92 Å². The highest BCUT2D eigenvalue weighted by Crippen LogP contribution is 2.38. The van der Waals surface area contributed by atoms with Crippen LogP contribution >= 0.6 is 23.2 Å². The summed E-state index contributed by atoms with van der Waals surface area (Å²) >= 11 is 12.1. The van der Waals surface area contributed by atoms with E-state index in [0.717, 1.165) is 6.20 Å². The molecule has 2 N–H and O–H groups in total. The zero-order chi connectivity index (χ0) is 16.5. The first-order valence-electron chi connectivity index (χ1n) is 6.45. The van der Waals surface area contributed by atoms with Crippen molar-refractivity contribution in [3.05, 3.63) is 45.6 Å². The molecule has 0 saturated carbocycles. The van der Waals surface area contributed by atoms with Crippen molar-refractivity contribution in [2.24, 2.45) is 11.7 Å². The van der Waals surface area contributed by atoms with Gasteiger partial charge in [-0.15, -0.1) is 0 Å². The molecule has 0 aromatic heterocycles. The van der Waals surface area contributed by atoms with Gasteiger partial charge >= 0.3 is 6.18 Å². The van der Waals surface area contributed by atoms with E-state index < -0.39 is 23.6 Å². The second-order valence-electron chi connectivity index (χ2n) is 5.00. The van der Waals surface area contributed by atoms with Gasteiger partial charge in [0, 0.05) is 40.5 Å². The van der Waals surface area contributed by atoms with E-state index in [9.17, 15) is 18.0 Å². The molecule has 0 fully saturated rings. The quantitative estimate of drug-likeness (QED) is 0.900. The molecule has 1 amide bonds. The summed E-state index contributed by atoms with van der Waals surface area (Å²) in [6.45, 7) is 0.336. The summed E-state index contributed by atoms with van der Waals surface area (Å²) in [6.07, 6.45) is -3.57. The molecule has 120 valence electrons. The lowest BCUT2D eigenvalue weighted by Crippen LogP contribution is -2.39. The predicted octanol–water partition coefficient (Wildman–Crippen LogP) is 3.75. The number of rotatable bonds is 3. The molecule has 0 saturated heterocycles. The summed E-state index contributed by atoms with van der Waals surface area (Å²) in [5, 5.41) is 0.832. The monoisotopic (exact) mass is 352 g/mol. The second-order valence-corrected chi connectivity index (χ2v) is 5.82. The Hall–Kier alpha value is -1.40. The van der Waals surface area contributed by atoms with Crippen molar-refractivity contribution in [2.75, 3.05) is 6.54 Å². The number of carbonyl (C=O) groups is 1. The third-order valence-electron chi connectivity index (χ3n) is 3.50. The largest absolute Gasteiger partial charge is 0.396 e. The summed E-state index contributed by atoms with van der Waals surface area (Å²) in [7, 11) is 0. The van der Waals surface area contributed by atoms with E-state index in [-0.39, 0.29) is 19.5 Å². The molecule has 2 rings (SSSR count). The van der Waals surface area contributed by atoms with Crippen LogP contribution in [0.5, 0.6) is 0 Å². The van der Waals surface area contributed by atoms with Gasteiger partial charge in [-0.25, -0.2) is 0 Å². The molecule has 1 atom stereocenters. The number of nitrogens with zero attached hydrogens (tertiary/aromatic N) is 1. The lowest BCUT2D eigenvalue weighted by molar-refractivity contribution is -0.170. The first-order chi connectivity index (χ1) is 10.2. The molecule has 1 heterocycles. The maximum Gasteiger partial charge on any atom is 0.396 e. The van der Waals surface area contributed by atoms with Crippen molar-refractivity contribution in [3.8, 4) is 0 Å². The zero-order valence-corrected chi connectivity index (χ0v) is 12.8. The smallest absolute Gasteiger partial charge is 0.372 e. The summed E-state index contributed by atoms with van der Waals surface area (Å²) in [5.74, 6) is -2.90. The molecule has 1 aliphatic heterocycles. The van der Waals surface area contributed by atoms with Crippen LogP contribution in [0.3, 0.4) is 0 Å². The summed E-state index contributed by atoms with van der Waals surface area (Å²) < 4.78 is 38.8. The number of nitrogens with two attached hydrogens (primary N) is 1. The maximum absolute atomic E-state index is 12.9. The highest BCUT2D eigenvalue weighted by Gasteiger charge is 2.45. The SMILES string of the molecule is NC(=O)C1=CN(Cc2c(Cl)cccc2Cl)CC[C@@H]1C(F)(F)F. The highest BCUT2D eigenvalue weighted by molar-refractivity contribution is 6.35. The topological polar surface area (TPSA) is 46.3 Å². The minimum atomic E-state index is -4.49. The minimum Gasteiger partial charge on any atom is -0.372 e. The number of primary amides is 1. The Morgan fingerprint density at radius 1 is 1.32 bits per heavy atom. The first-order valence-corrected chi connectivity index (χ1v) is 7.21. The zero-order valence-electron chi connectivity index (χ0n) is 11.3. The highest BCUT2D eigenvalue weighted by atomic mass is 35.5. The molecular weight excluding hydrogens is 340 g/mol. The number of halogens is 5. The van der Waals surface area contributed by atoms with E-state index >= 15 is 0 Å². The average molecular weight is 353 g/mol. The van der Waals surface area contributed by atoms with Gasteiger partial charge in [-0.05, 0) is 18.6 Å². The molecule has 8 heteroatoms. The van der Waals surface area contributed by atoms with Crippen molar-refractivity contribution >= 4 is 29.1 Å². The fraction of sp³-hybridized carbons (Fsp3) is 0.357. The molecule has 0 radical (unpaired) electrons. The van der Waals surface area contributed by atoms with E-state index in [4.69, 9.17) is 28.9 Å². The minimum absolute atomic E-state index is 0.127. The van der Waals surface area contributed by atoms with Crippen LogP contribution in [0.1, 0.15) is 12.0 Å². The molecular formula is C14H13Cl2F3N2O. The van der Waals surface area contributed by atoms with Gasteiger partial charge in [-0.3, -0.25) is 4.79 Å². The van der Waals surface area contributed by atoms with Crippen LogP contribution in [0.15, 0.2) is 30.0 Å². The van der Waals surface area contributed by atoms with Crippen molar-refractivity contribution in [2.45, 2.75) is 19.1 Å². The number of alkyl halides is 3. The molecule has 1 aromatic carbocycles. The Bertz CT molecular complexity index is 596. The third-order valence-corrected chi connectivity index (χ3v) is 4.21. The van der Waals surface area contributed by atoms with Gasteiger partial charge in [0.1, 0.15) is 0 Å². The second kappa shape index (κ2) is 6.38. The maximum atomic E-state index is 12.9. The number of benzene rings is 1. The molecule has 1 aliphatic rings. The van der Waals surface area contributed by atoms with E-state index in [0.29, 0.717) is 15.6 Å². The van der Waals surface area contributed by atoms with Gasteiger partial charge < -0.3 is 10.6 Å². The number of amides is 1. The normalized spacial score (nSPS) is 19.0. The van der Waals surface area contributed by atoms with Crippen LogP contribution in [0.4, 0.5) is 13.2 Å². The summed E-state index contributed by atoms with van der Waals surface area (Å²) in [5.41, 5.74) is 5.23. The molecule has 0 bridgehead atoms. The van der Waals surface area contributed by atoms with E-state index in [2.05, 4.69) is 0 Å². The third kappa shape index (κ3) is 3.67. The number of hydrogen-bond acceptors (Lipinski definition) is 2. The Morgan fingerprint density at radius 2 is 1.91 bits per heavy atom. The van der Waals surface area contributed by atoms with E-state index in [1.807, 2.05) is 0 Å². The molecule has 0 unspecified atom stereocenters. The van der Waals surface area contributed by atoms with Crippen LogP contribution in [-0.2, 0) is 11.3 Å². The van der Waals surface area contributed by atoms with Crippen LogP contribution < -0.4 is 5.73 Å². The standard InChI is InChI=1S/C14H13Cl2F3N2O/c15-11-2-1-3-12(16)9(11)7-21-5-4-10(14(17,18)19)8(6-21)13(20)22/h1-3,6,10H,4-5,7H2,(H2,20,22)/t10-/m0/s1. The Labute approximate surface area is 135 Å². The first kappa shape index (κ1) is 17.0. The van der Waals surface area contributed by atoms with Crippen LogP contribution in [0.2, 0.25) is 10.0 Å². The summed E-state index contributed by atoms with van der Waals surface area (Å²) in [6, 6.07) is 4.96. The Morgan fingerprint density at radius 3 is 2.41 bits per heavy atom. The van der Waals surface area contributed by atoms with Crippen LogP contribution in [-0.4, -0.2) is 23.5 Å². The summed E-state index contributed by atoms with van der Waals surface area (Å²) in [4.78, 5) is 12.9. The van der Waals surface area contributed by atoms with Gasteiger partial charge in [0.2, 0.25) is 5.91 Å². The molecule has 3 nitrogen and oxygen atoms in total. The lowest BCUT2D eigenvalue weighted by Gasteiger charge is -2.32. The Kier molecular flexibility index (Phi) is 4.92. The Balaban J connectivity index is 2.28. The van der Waals surface area contributed by atoms with Crippen molar-refractivity contribution in [3.63, 3.8) is 0 Å². The predicted molar refractivity (Wildman–Crippen MR) is 78.3 cm³/mol. The van der Waals surface area contributed by atoms with Crippen molar-refractivity contribution in [1.82, 2.24) is 4.90 Å². The van der Waals surface area contributed by atoms with Crippen molar-refractivity contribution in [1.29, 1.82) is 0 Å². The van der Waals surface area contributed by atoms with Crippen molar-refractivity contribution < 1.29 is 18.0 Å². The fourth-order valence-corrected chi connectivity index (χ4v) is 2.91. The van der Waals surface area contributed by atoms with Gasteiger partial charge in [0.15, 0.2) is 0 Å². The average Bonchev–Trinajstić information content (AvgIpc) is 2.41. The van der Waals surface area contributed by atoms with Gasteiger partial charge in [0.05, 0.1) is 5.92 Å². The fourth-order valence-electron chi connectivity index (χ4n) is 2.39. The van der Waals surface area contributed by atoms with E-state index in [1.165, 1.54) is 0 Å². The van der Waals surface area contributed by atoms with Crippen LogP contribution in [0.25, 0.3) is 0 Å². The molecule has 22 heavy (non-hydrogen) atoms. The van der Waals surface area contributed by atoms with Gasteiger partial charge in [-0.2, -0.15) is 13.2 Å². The number of hydrogen-bond donors (Lipinski definition) is 1. The van der Waals surface area contributed by atoms with Gasteiger partial charge in [-0.1, -0.05) is 29.3 Å². The number of carbonyl (C=O) groups excluding carboxylic acids is 1. The molecule has 1 aromatic rings. The lowest BCUT2D eigenvalue weighted by atomic mass is 9.91.